The maximum atomic E-state index is 11.2. The molecule has 7 heteroatoms. The van der Waals surface area contributed by atoms with Crippen LogP contribution in [0.15, 0.2) is 0 Å². The van der Waals surface area contributed by atoms with E-state index in [0.29, 0.717) is 10.9 Å². The Balaban J connectivity index is 2.14. The van der Waals surface area contributed by atoms with Gasteiger partial charge in [-0.3, -0.25) is 0 Å². The summed E-state index contributed by atoms with van der Waals surface area (Å²) in [5, 5.41) is 9.24. The van der Waals surface area contributed by atoms with Gasteiger partial charge in [0.25, 0.3) is 0 Å². The average molecular weight is 317 g/mol. The van der Waals surface area contributed by atoms with Crippen LogP contribution in [0.3, 0.4) is 0 Å². The number of hydrogen-bond acceptors (Lipinski definition) is 5. The van der Waals surface area contributed by atoms with Crippen molar-refractivity contribution in [3.8, 4) is 0 Å². The molecule has 1 aromatic heterocycles. The van der Waals surface area contributed by atoms with Gasteiger partial charge in [-0.1, -0.05) is 0 Å². The number of primary sulfonamides is 1. The molecular weight excluding hydrogens is 294 g/mol. The first-order valence-corrected chi connectivity index (χ1v) is 9.41. The topological polar surface area (TPSA) is 85.1 Å². The number of nitrogens with one attached hydrogen (secondary N) is 1. The molecule has 5 nitrogen and oxygen atoms in total. The van der Waals surface area contributed by atoms with Crippen molar-refractivity contribution in [2.24, 2.45) is 5.14 Å². The lowest BCUT2D eigenvalue weighted by Gasteiger charge is -2.27. The quantitative estimate of drug-likeness (QED) is 0.886. The normalized spacial score (nSPS) is 19.9. The minimum absolute atomic E-state index is 0.0804. The van der Waals surface area contributed by atoms with Crippen molar-refractivity contribution in [2.45, 2.75) is 57.2 Å². The van der Waals surface area contributed by atoms with E-state index in [2.05, 4.69) is 31.1 Å². The van der Waals surface area contributed by atoms with Crippen molar-refractivity contribution in [1.82, 2.24) is 10.3 Å². The lowest BCUT2D eigenvalue weighted by Crippen LogP contribution is -2.39. The highest BCUT2D eigenvalue weighted by molar-refractivity contribution is 7.88. The molecule has 0 aliphatic heterocycles. The second-order valence-corrected chi connectivity index (χ2v) is 9.23. The van der Waals surface area contributed by atoms with Gasteiger partial charge in [0.15, 0.2) is 0 Å². The van der Waals surface area contributed by atoms with Gasteiger partial charge in [-0.2, -0.15) is 0 Å². The maximum absolute atomic E-state index is 11.2. The summed E-state index contributed by atoms with van der Waals surface area (Å²) in [6.45, 7) is 7.31. The number of thiazole rings is 1. The molecule has 1 aromatic rings. The summed E-state index contributed by atoms with van der Waals surface area (Å²) in [7, 11) is -3.50. The molecule has 0 spiro atoms. The predicted octanol–water partition coefficient (Wildman–Crippen LogP) is 1.74. The van der Waals surface area contributed by atoms with Crippen LogP contribution in [-0.2, 0) is 22.2 Å². The summed E-state index contributed by atoms with van der Waals surface area (Å²) < 4.78 is 22.4. The maximum Gasteiger partial charge on any atom is 0.215 e. The predicted molar refractivity (Wildman–Crippen MR) is 82.4 cm³/mol. The van der Waals surface area contributed by atoms with Crippen molar-refractivity contribution in [2.75, 3.05) is 6.54 Å². The molecule has 0 fully saturated rings. The molecule has 0 saturated heterocycles. The summed E-state index contributed by atoms with van der Waals surface area (Å²) in [5.74, 6) is 0.229. The molecular formula is C13H23N3O2S2. The zero-order chi connectivity index (χ0) is 15.0. The number of rotatable bonds is 4. The molecule has 3 N–H and O–H groups in total. The first kappa shape index (κ1) is 15.9. The van der Waals surface area contributed by atoms with Crippen molar-refractivity contribution in [1.29, 1.82) is 0 Å². The number of sulfonamides is 1. The lowest BCUT2D eigenvalue weighted by molar-refractivity contribution is 0.388. The number of fused-ring (bicyclic) bond motifs is 1. The summed E-state index contributed by atoms with van der Waals surface area (Å²) >= 11 is 1.50. The molecule has 1 unspecified atom stereocenters. The molecule has 1 heterocycles. The highest BCUT2D eigenvalue weighted by Crippen LogP contribution is 2.35. The van der Waals surface area contributed by atoms with Crippen LogP contribution in [0.2, 0.25) is 0 Å². The fourth-order valence-corrected chi connectivity index (χ4v) is 4.55. The Morgan fingerprint density at radius 3 is 2.75 bits per heavy atom. The van der Waals surface area contributed by atoms with Crippen LogP contribution in [0.5, 0.6) is 0 Å². The molecule has 0 bridgehead atoms. The second kappa shape index (κ2) is 5.71. The van der Waals surface area contributed by atoms with Crippen molar-refractivity contribution in [3.05, 3.63) is 15.6 Å². The smallest absolute Gasteiger partial charge is 0.215 e. The van der Waals surface area contributed by atoms with E-state index in [-0.39, 0.29) is 11.3 Å². The van der Waals surface area contributed by atoms with Gasteiger partial charge in [0.2, 0.25) is 10.0 Å². The van der Waals surface area contributed by atoms with Gasteiger partial charge in [0.1, 0.15) is 10.8 Å². The van der Waals surface area contributed by atoms with E-state index in [4.69, 9.17) is 5.14 Å². The zero-order valence-corrected chi connectivity index (χ0v) is 13.9. The molecule has 1 atom stereocenters. The van der Waals surface area contributed by atoms with E-state index < -0.39 is 10.0 Å². The Morgan fingerprint density at radius 1 is 1.45 bits per heavy atom. The average Bonchev–Trinajstić information content (AvgIpc) is 2.64. The number of nitrogens with zero attached hydrogens (tertiary/aromatic N) is 1. The summed E-state index contributed by atoms with van der Waals surface area (Å²) in [6, 6.07) is 0. The number of aromatic nitrogens is 1. The Hall–Kier alpha value is -0.500. The summed E-state index contributed by atoms with van der Waals surface area (Å²) in [6.07, 6.45) is 3.25. The minimum Gasteiger partial charge on any atom is -0.311 e. The van der Waals surface area contributed by atoms with Crippen molar-refractivity contribution in [3.63, 3.8) is 0 Å². The largest absolute Gasteiger partial charge is 0.311 e. The summed E-state index contributed by atoms with van der Waals surface area (Å²) in [5.41, 5.74) is 1.16. The van der Waals surface area contributed by atoms with Gasteiger partial charge in [0, 0.05) is 22.9 Å². The molecule has 114 valence electrons. The third-order valence-corrected chi connectivity index (χ3v) is 5.31. The number of aryl methyl sites for hydroxylation is 1. The first-order valence-electron chi connectivity index (χ1n) is 6.88. The SMILES string of the molecule is CC(C)(C)NCC1CCCc2sc(CS(N)(=O)=O)nc21. The fraction of sp³-hybridized carbons (Fsp3) is 0.769. The van der Waals surface area contributed by atoms with Gasteiger partial charge in [0.05, 0.1) is 5.69 Å². The third-order valence-electron chi connectivity index (χ3n) is 3.32. The van der Waals surface area contributed by atoms with Crippen LogP contribution in [0, 0.1) is 0 Å². The monoisotopic (exact) mass is 317 g/mol. The van der Waals surface area contributed by atoms with Gasteiger partial charge in [-0.15, -0.1) is 11.3 Å². The van der Waals surface area contributed by atoms with Gasteiger partial charge >= 0.3 is 0 Å². The molecule has 0 radical (unpaired) electrons. The number of hydrogen-bond donors (Lipinski definition) is 2. The van der Waals surface area contributed by atoms with E-state index in [1.807, 2.05) is 0 Å². The van der Waals surface area contributed by atoms with Crippen LogP contribution >= 0.6 is 11.3 Å². The molecule has 0 saturated carbocycles. The van der Waals surface area contributed by atoms with E-state index >= 15 is 0 Å². The summed E-state index contributed by atoms with van der Waals surface area (Å²) in [4.78, 5) is 5.77. The lowest BCUT2D eigenvalue weighted by atomic mass is 9.90. The Labute approximate surface area is 125 Å². The first-order chi connectivity index (χ1) is 9.14. The second-order valence-electron chi connectivity index (χ2n) is 6.44. The Morgan fingerprint density at radius 2 is 2.15 bits per heavy atom. The van der Waals surface area contributed by atoms with Crippen LogP contribution in [0.1, 0.15) is 55.1 Å². The van der Waals surface area contributed by atoms with Crippen LogP contribution in [0.25, 0.3) is 0 Å². The van der Waals surface area contributed by atoms with E-state index in [0.717, 1.165) is 31.5 Å². The van der Waals surface area contributed by atoms with Gasteiger partial charge < -0.3 is 5.32 Å². The van der Waals surface area contributed by atoms with E-state index in [1.54, 1.807) is 0 Å². The van der Waals surface area contributed by atoms with E-state index in [1.165, 1.54) is 16.2 Å². The standard InChI is InChI=1S/C13H23N3O2S2/c1-13(2,3)15-7-9-5-4-6-10-12(9)16-11(19-10)8-20(14,17)18/h9,15H,4-8H2,1-3H3,(H2,14,17,18). The zero-order valence-electron chi connectivity index (χ0n) is 12.3. The molecule has 0 aromatic carbocycles. The van der Waals surface area contributed by atoms with Gasteiger partial charge in [-0.25, -0.2) is 18.5 Å². The fourth-order valence-electron chi connectivity index (χ4n) is 2.42. The Kier molecular flexibility index (Phi) is 4.53. The highest BCUT2D eigenvalue weighted by Gasteiger charge is 2.26. The molecule has 20 heavy (non-hydrogen) atoms. The van der Waals surface area contributed by atoms with Gasteiger partial charge in [-0.05, 0) is 40.0 Å². The molecule has 1 aliphatic rings. The number of nitrogens with two attached hydrogens (primary N) is 1. The van der Waals surface area contributed by atoms with E-state index in [9.17, 15) is 8.42 Å². The van der Waals surface area contributed by atoms with Crippen LogP contribution in [0.4, 0.5) is 0 Å². The molecule has 1 aliphatic carbocycles. The van der Waals surface area contributed by atoms with Crippen molar-refractivity contribution >= 4 is 21.4 Å². The third kappa shape index (κ3) is 4.51. The highest BCUT2D eigenvalue weighted by atomic mass is 32.2. The molecule has 0 amide bonds. The minimum atomic E-state index is -3.50. The van der Waals surface area contributed by atoms with Crippen LogP contribution < -0.4 is 10.5 Å². The Bertz CT molecular complexity index is 573. The van der Waals surface area contributed by atoms with Crippen molar-refractivity contribution < 1.29 is 8.42 Å². The van der Waals surface area contributed by atoms with Crippen LogP contribution in [-0.4, -0.2) is 25.5 Å². The molecule has 2 rings (SSSR count).